The highest BCUT2D eigenvalue weighted by Gasteiger charge is 2.18. The summed E-state index contributed by atoms with van der Waals surface area (Å²) >= 11 is 12.2. The molecule has 0 aliphatic carbocycles. The van der Waals surface area contributed by atoms with Crippen LogP contribution in [0.5, 0.6) is 0 Å². The van der Waals surface area contributed by atoms with E-state index in [2.05, 4.69) is 10.4 Å². The van der Waals surface area contributed by atoms with Crippen LogP contribution in [0, 0.1) is 19.7 Å². The minimum absolute atomic E-state index is 0.0714. The van der Waals surface area contributed by atoms with Gasteiger partial charge in [0.1, 0.15) is 5.82 Å². The predicted octanol–water partition coefficient (Wildman–Crippen LogP) is 4.33. The molecule has 6 heteroatoms. The summed E-state index contributed by atoms with van der Waals surface area (Å²) in [5, 5.41) is 8.24. The molecular formula is C15H18Cl2FN3. The zero-order valence-electron chi connectivity index (χ0n) is 12.5. The normalized spacial score (nSPS) is 12.7. The molecule has 1 unspecified atom stereocenters. The highest BCUT2D eigenvalue weighted by Crippen LogP contribution is 2.32. The van der Waals surface area contributed by atoms with E-state index < -0.39 is 5.82 Å². The third-order valence-electron chi connectivity index (χ3n) is 3.76. The van der Waals surface area contributed by atoms with Crippen LogP contribution in [0.2, 0.25) is 10.0 Å². The molecule has 1 heterocycles. The van der Waals surface area contributed by atoms with Crippen molar-refractivity contribution in [1.82, 2.24) is 15.1 Å². The maximum Gasteiger partial charge on any atom is 0.142 e. The monoisotopic (exact) mass is 329 g/mol. The zero-order chi connectivity index (χ0) is 15.7. The maximum absolute atomic E-state index is 13.6. The van der Waals surface area contributed by atoms with E-state index in [1.807, 2.05) is 32.5 Å². The first kappa shape index (κ1) is 16.3. The van der Waals surface area contributed by atoms with Crippen LogP contribution in [0.1, 0.15) is 35.5 Å². The first-order valence-corrected chi connectivity index (χ1v) is 7.44. The summed E-state index contributed by atoms with van der Waals surface area (Å²) in [7, 11) is 1.91. The van der Waals surface area contributed by atoms with Crippen LogP contribution in [-0.4, -0.2) is 9.78 Å². The van der Waals surface area contributed by atoms with Crippen LogP contribution < -0.4 is 5.32 Å². The van der Waals surface area contributed by atoms with E-state index in [9.17, 15) is 4.39 Å². The predicted molar refractivity (Wildman–Crippen MR) is 84.4 cm³/mol. The molecule has 0 fully saturated rings. The van der Waals surface area contributed by atoms with Gasteiger partial charge in [0.2, 0.25) is 0 Å². The topological polar surface area (TPSA) is 29.9 Å². The molecule has 0 radical (unpaired) electrons. The average Bonchev–Trinajstić information content (AvgIpc) is 2.66. The molecule has 1 atom stereocenters. The van der Waals surface area contributed by atoms with Gasteiger partial charge in [0.25, 0.3) is 0 Å². The number of hydrogen-bond donors (Lipinski definition) is 1. The minimum atomic E-state index is -0.460. The van der Waals surface area contributed by atoms with Gasteiger partial charge in [-0.05, 0) is 32.9 Å². The van der Waals surface area contributed by atoms with Gasteiger partial charge in [-0.2, -0.15) is 5.10 Å². The van der Waals surface area contributed by atoms with Crippen molar-refractivity contribution in [3.8, 4) is 0 Å². The van der Waals surface area contributed by atoms with Gasteiger partial charge in [-0.15, -0.1) is 0 Å². The minimum Gasteiger partial charge on any atom is -0.306 e. The van der Waals surface area contributed by atoms with Crippen molar-refractivity contribution in [2.75, 3.05) is 0 Å². The molecule has 0 bridgehead atoms. The van der Waals surface area contributed by atoms with Crippen molar-refractivity contribution < 1.29 is 4.39 Å². The molecule has 0 saturated heterocycles. The van der Waals surface area contributed by atoms with Crippen molar-refractivity contribution in [2.45, 2.75) is 33.4 Å². The van der Waals surface area contributed by atoms with Gasteiger partial charge in [0, 0.05) is 41.5 Å². The molecule has 114 valence electrons. The Morgan fingerprint density at radius 1 is 1.33 bits per heavy atom. The van der Waals surface area contributed by atoms with Crippen molar-refractivity contribution >= 4 is 23.2 Å². The summed E-state index contributed by atoms with van der Waals surface area (Å²) in [5.41, 5.74) is 3.79. The van der Waals surface area contributed by atoms with Crippen molar-refractivity contribution in [2.24, 2.45) is 7.05 Å². The molecule has 2 rings (SSSR count). The Morgan fingerprint density at radius 2 is 2.00 bits per heavy atom. The molecule has 3 nitrogen and oxygen atoms in total. The van der Waals surface area contributed by atoms with Gasteiger partial charge >= 0.3 is 0 Å². The fraction of sp³-hybridized carbons (Fsp3) is 0.400. The molecule has 1 aromatic carbocycles. The molecule has 0 amide bonds. The molecule has 0 aliphatic heterocycles. The fourth-order valence-corrected chi connectivity index (χ4v) is 3.07. The Hall–Kier alpha value is -1.10. The lowest BCUT2D eigenvalue weighted by Crippen LogP contribution is -2.20. The number of hydrogen-bond acceptors (Lipinski definition) is 2. The van der Waals surface area contributed by atoms with E-state index in [-0.39, 0.29) is 11.1 Å². The number of rotatable bonds is 4. The second-order valence-corrected chi connectivity index (χ2v) is 5.92. The lowest BCUT2D eigenvalue weighted by atomic mass is 10.1. The molecule has 0 spiro atoms. The second-order valence-electron chi connectivity index (χ2n) is 5.13. The molecule has 1 aromatic heterocycles. The largest absolute Gasteiger partial charge is 0.306 e. The van der Waals surface area contributed by atoms with Gasteiger partial charge < -0.3 is 5.32 Å². The highest BCUT2D eigenvalue weighted by atomic mass is 35.5. The average molecular weight is 330 g/mol. The smallest absolute Gasteiger partial charge is 0.142 e. The van der Waals surface area contributed by atoms with Crippen LogP contribution >= 0.6 is 23.2 Å². The van der Waals surface area contributed by atoms with E-state index >= 15 is 0 Å². The Balaban J connectivity index is 2.19. The van der Waals surface area contributed by atoms with E-state index in [0.717, 1.165) is 17.0 Å². The van der Waals surface area contributed by atoms with Crippen LogP contribution in [0.4, 0.5) is 4.39 Å². The highest BCUT2D eigenvalue weighted by molar-refractivity contribution is 6.36. The van der Waals surface area contributed by atoms with E-state index in [1.165, 1.54) is 12.1 Å². The summed E-state index contributed by atoms with van der Waals surface area (Å²) in [6.45, 7) is 6.52. The first-order chi connectivity index (χ1) is 9.82. The van der Waals surface area contributed by atoms with Gasteiger partial charge in [0.05, 0.1) is 10.7 Å². The molecule has 0 saturated carbocycles. The third-order valence-corrected chi connectivity index (χ3v) is 4.47. The quantitative estimate of drug-likeness (QED) is 0.846. The van der Waals surface area contributed by atoms with Gasteiger partial charge in [-0.25, -0.2) is 4.39 Å². The Morgan fingerprint density at radius 3 is 2.57 bits per heavy atom. The third kappa shape index (κ3) is 3.23. The number of nitrogens with one attached hydrogen (secondary N) is 1. The molecule has 1 N–H and O–H groups in total. The SMILES string of the molecule is Cc1nn(C)c(C)c1CNC(C)c1c(Cl)ccc(F)c1Cl. The van der Waals surface area contributed by atoms with Crippen LogP contribution in [0.3, 0.4) is 0 Å². The lowest BCUT2D eigenvalue weighted by Gasteiger charge is -2.17. The van der Waals surface area contributed by atoms with E-state index in [1.54, 1.807) is 0 Å². The molecular weight excluding hydrogens is 312 g/mol. The van der Waals surface area contributed by atoms with Crippen LogP contribution in [0.15, 0.2) is 12.1 Å². The lowest BCUT2D eigenvalue weighted by molar-refractivity contribution is 0.563. The summed E-state index contributed by atoms with van der Waals surface area (Å²) in [6.07, 6.45) is 0. The Bertz CT molecular complexity index is 667. The van der Waals surface area contributed by atoms with Crippen molar-refractivity contribution in [3.63, 3.8) is 0 Å². The molecule has 21 heavy (non-hydrogen) atoms. The number of nitrogens with zero attached hydrogens (tertiary/aromatic N) is 2. The number of halogens is 3. The van der Waals surface area contributed by atoms with Crippen LogP contribution in [0.25, 0.3) is 0 Å². The van der Waals surface area contributed by atoms with Gasteiger partial charge in [-0.1, -0.05) is 23.2 Å². The summed E-state index contributed by atoms with van der Waals surface area (Å²) < 4.78 is 15.4. The van der Waals surface area contributed by atoms with E-state index in [0.29, 0.717) is 17.1 Å². The molecule has 2 aromatic rings. The van der Waals surface area contributed by atoms with Gasteiger partial charge in [-0.3, -0.25) is 4.68 Å². The van der Waals surface area contributed by atoms with Crippen LogP contribution in [-0.2, 0) is 13.6 Å². The number of benzene rings is 1. The number of aromatic nitrogens is 2. The standard InChI is InChI=1S/C15H18Cl2FN3/c1-8-11(10(3)21(4)20-8)7-19-9(2)14-12(16)5-6-13(18)15(14)17/h5-6,9,19H,7H2,1-4H3. The van der Waals surface area contributed by atoms with Crippen molar-refractivity contribution in [3.05, 3.63) is 50.5 Å². The van der Waals surface area contributed by atoms with Gasteiger partial charge in [0.15, 0.2) is 0 Å². The maximum atomic E-state index is 13.6. The summed E-state index contributed by atoms with van der Waals surface area (Å²) in [6, 6.07) is 2.63. The van der Waals surface area contributed by atoms with Crippen molar-refractivity contribution in [1.29, 1.82) is 0 Å². The fourth-order valence-electron chi connectivity index (χ4n) is 2.37. The first-order valence-electron chi connectivity index (χ1n) is 6.68. The molecule has 0 aliphatic rings. The second kappa shape index (κ2) is 6.34. The number of aryl methyl sites for hydroxylation is 2. The Labute approximate surface area is 134 Å². The summed E-state index contributed by atoms with van der Waals surface area (Å²) in [4.78, 5) is 0. The van der Waals surface area contributed by atoms with E-state index in [4.69, 9.17) is 23.2 Å². The Kier molecular flexibility index (Phi) is 4.91. The summed E-state index contributed by atoms with van der Waals surface area (Å²) in [5.74, 6) is -0.460. The zero-order valence-corrected chi connectivity index (χ0v) is 14.0.